The van der Waals surface area contributed by atoms with Gasteiger partial charge in [-0.1, -0.05) is 13.8 Å². The lowest BCUT2D eigenvalue weighted by molar-refractivity contribution is -0.116. The van der Waals surface area contributed by atoms with Gasteiger partial charge in [0, 0.05) is 12.1 Å². The third kappa shape index (κ3) is 5.21. The van der Waals surface area contributed by atoms with Gasteiger partial charge in [-0.3, -0.25) is 4.79 Å². The molecule has 4 nitrogen and oxygen atoms in total. The lowest BCUT2D eigenvalue weighted by atomic mass is 9.84. The number of methoxy groups -OCH3 is 1. The van der Waals surface area contributed by atoms with E-state index in [-0.39, 0.29) is 11.3 Å². The second kappa shape index (κ2) is 7.29. The van der Waals surface area contributed by atoms with Crippen LogP contribution in [0.3, 0.4) is 0 Å². The molecule has 3 N–H and O–H groups in total. The second-order valence-electron chi connectivity index (χ2n) is 5.93. The summed E-state index contributed by atoms with van der Waals surface area (Å²) < 4.78 is 5.15. The van der Waals surface area contributed by atoms with E-state index in [1.807, 2.05) is 25.1 Å². The summed E-state index contributed by atoms with van der Waals surface area (Å²) in [5.74, 6) is 0.841. The van der Waals surface area contributed by atoms with Crippen LogP contribution in [0.25, 0.3) is 0 Å². The highest BCUT2D eigenvalue weighted by Gasteiger charge is 2.18. The van der Waals surface area contributed by atoms with Gasteiger partial charge in [-0.25, -0.2) is 0 Å². The Morgan fingerprint density at radius 3 is 2.60 bits per heavy atom. The van der Waals surface area contributed by atoms with E-state index in [2.05, 4.69) is 19.2 Å². The average Bonchev–Trinajstić information content (AvgIpc) is 2.39. The molecule has 0 heterocycles. The highest BCUT2D eigenvalue weighted by Crippen LogP contribution is 2.26. The van der Waals surface area contributed by atoms with Gasteiger partial charge in [0.1, 0.15) is 5.75 Å². The Balaban J connectivity index is 2.54. The summed E-state index contributed by atoms with van der Waals surface area (Å²) in [5.41, 5.74) is 7.53. The molecule has 0 aliphatic heterocycles. The number of amides is 1. The minimum atomic E-state index is 0.0448. The largest absolute Gasteiger partial charge is 0.497 e. The molecular weight excluding hydrogens is 252 g/mol. The zero-order chi connectivity index (χ0) is 15.2. The van der Waals surface area contributed by atoms with Crippen molar-refractivity contribution in [2.75, 3.05) is 19.0 Å². The molecule has 0 fully saturated rings. The van der Waals surface area contributed by atoms with Gasteiger partial charge >= 0.3 is 0 Å². The first-order valence-corrected chi connectivity index (χ1v) is 7.02. The summed E-state index contributed by atoms with van der Waals surface area (Å²) in [7, 11) is 1.63. The Bertz CT molecular complexity index is 456. The Labute approximate surface area is 121 Å². The third-order valence-corrected chi connectivity index (χ3v) is 3.56. The summed E-state index contributed by atoms with van der Waals surface area (Å²) in [4.78, 5) is 12.0. The van der Waals surface area contributed by atoms with Crippen molar-refractivity contribution in [3.63, 3.8) is 0 Å². The summed E-state index contributed by atoms with van der Waals surface area (Å²) in [6.45, 7) is 6.90. The van der Waals surface area contributed by atoms with Crippen molar-refractivity contribution in [3.8, 4) is 5.75 Å². The van der Waals surface area contributed by atoms with E-state index >= 15 is 0 Å². The van der Waals surface area contributed by atoms with Crippen LogP contribution in [0, 0.1) is 12.3 Å². The smallest absolute Gasteiger partial charge is 0.224 e. The molecule has 112 valence electrons. The third-order valence-electron chi connectivity index (χ3n) is 3.56. The Morgan fingerprint density at radius 2 is 2.05 bits per heavy atom. The van der Waals surface area contributed by atoms with Crippen LogP contribution in [0.5, 0.6) is 5.75 Å². The fourth-order valence-corrected chi connectivity index (χ4v) is 2.08. The number of nitrogens with two attached hydrogens (primary N) is 1. The number of nitrogens with one attached hydrogen (secondary N) is 1. The van der Waals surface area contributed by atoms with Gasteiger partial charge in [0.05, 0.1) is 7.11 Å². The minimum Gasteiger partial charge on any atom is -0.497 e. The Morgan fingerprint density at radius 1 is 1.35 bits per heavy atom. The van der Waals surface area contributed by atoms with Crippen molar-refractivity contribution in [2.45, 2.75) is 40.0 Å². The number of carbonyl (C=O) groups is 1. The highest BCUT2D eigenvalue weighted by atomic mass is 16.5. The number of benzene rings is 1. The molecule has 0 aliphatic rings. The van der Waals surface area contributed by atoms with Crippen molar-refractivity contribution in [1.82, 2.24) is 0 Å². The van der Waals surface area contributed by atoms with Crippen LogP contribution in [-0.4, -0.2) is 19.6 Å². The topological polar surface area (TPSA) is 64.3 Å². The molecule has 0 aromatic heterocycles. The van der Waals surface area contributed by atoms with Gasteiger partial charge in [-0.05, 0) is 55.5 Å². The SMILES string of the molecule is COc1ccc(NC(=O)CCC(C)(C)CCN)c(C)c1. The lowest BCUT2D eigenvalue weighted by Gasteiger charge is -2.23. The van der Waals surface area contributed by atoms with Gasteiger partial charge < -0.3 is 15.8 Å². The first-order chi connectivity index (χ1) is 9.38. The summed E-state index contributed by atoms with van der Waals surface area (Å²) in [5, 5.41) is 2.95. The fraction of sp³-hybridized carbons (Fsp3) is 0.562. The molecule has 1 amide bonds. The lowest BCUT2D eigenvalue weighted by Crippen LogP contribution is -2.20. The monoisotopic (exact) mass is 278 g/mol. The van der Waals surface area contributed by atoms with E-state index < -0.39 is 0 Å². The van der Waals surface area contributed by atoms with Crippen LogP contribution in [-0.2, 0) is 4.79 Å². The molecule has 1 aromatic rings. The van der Waals surface area contributed by atoms with Gasteiger partial charge in [0.25, 0.3) is 0 Å². The quantitative estimate of drug-likeness (QED) is 0.805. The molecule has 0 aliphatic carbocycles. The maximum atomic E-state index is 12.0. The molecule has 0 atom stereocenters. The van der Waals surface area contributed by atoms with Crippen molar-refractivity contribution >= 4 is 11.6 Å². The number of rotatable bonds is 7. The van der Waals surface area contributed by atoms with Crippen LogP contribution in [0.1, 0.15) is 38.7 Å². The zero-order valence-electron chi connectivity index (χ0n) is 13.0. The van der Waals surface area contributed by atoms with E-state index in [0.717, 1.165) is 29.8 Å². The van der Waals surface area contributed by atoms with Gasteiger partial charge in [0.2, 0.25) is 5.91 Å². The van der Waals surface area contributed by atoms with Crippen LogP contribution in [0.15, 0.2) is 18.2 Å². The zero-order valence-corrected chi connectivity index (χ0v) is 13.0. The molecule has 1 aromatic carbocycles. The van der Waals surface area contributed by atoms with E-state index in [1.165, 1.54) is 0 Å². The molecular formula is C16H26N2O2. The maximum Gasteiger partial charge on any atom is 0.224 e. The molecule has 1 rings (SSSR count). The van der Waals surface area contributed by atoms with E-state index in [0.29, 0.717) is 13.0 Å². The predicted molar refractivity (Wildman–Crippen MR) is 83.0 cm³/mol. The molecule has 0 saturated heterocycles. The first kappa shape index (κ1) is 16.5. The van der Waals surface area contributed by atoms with Gasteiger partial charge in [0.15, 0.2) is 0 Å². The average molecular weight is 278 g/mol. The van der Waals surface area contributed by atoms with E-state index in [9.17, 15) is 4.79 Å². The standard InChI is InChI=1S/C16H26N2O2/c1-12-11-13(20-4)5-6-14(12)18-15(19)7-8-16(2,3)9-10-17/h5-6,11H,7-10,17H2,1-4H3,(H,18,19). The molecule has 0 unspecified atom stereocenters. The molecule has 20 heavy (non-hydrogen) atoms. The van der Waals surface area contributed by atoms with Crippen molar-refractivity contribution < 1.29 is 9.53 Å². The van der Waals surface area contributed by atoms with Crippen LogP contribution in [0.2, 0.25) is 0 Å². The van der Waals surface area contributed by atoms with Crippen molar-refractivity contribution in [2.24, 2.45) is 11.1 Å². The maximum absolute atomic E-state index is 12.0. The highest BCUT2D eigenvalue weighted by molar-refractivity contribution is 5.91. The molecule has 4 heteroatoms. The van der Waals surface area contributed by atoms with Crippen LogP contribution >= 0.6 is 0 Å². The number of aryl methyl sites for hydroxylation is 1. The number of hydrogen-bond donors (Lipinski definition) is 2. The number of hydrogen-bond acceptors (Lipinski definition) is 3. The van der Waals surface area contributed by atoms with Gasteiger partial charge in [-0.15, -0.1) is 0 Å². The predicted octanol–water partition coefficient (Wildman–Crippen LogP) is 3.10. The number of carbonyl (C=O) groups excluding carboxylic acids is 1. The van der Waals surface area contributed by atoms with Gasteiger partial charge in [-0.2, -0.15) is 0 Å². The van der Waals surface area contributed by atoms with E-state index in [1.54, 1.807) is 7.11 Å². The fourth-order valence-electron chi connectivity index (χ4n) is 2.08. The summed E-state index contributed by atoms with van der Waals surface area (Å²) in [6, 6.07) is 5.63. The Hall–Kier alpha value is -1.55. The summed E-state index contributed by atoms with van der Waals surface area (Å²) in [6.07, 6.45) is 2.28. The van der Waals surface area contributed by atoms with E-state index in [4.69, 9.17) is 10.5 Å². The van der Waals surface area contributed by atoms with Crippen LogP contribution in [0.4, 0.5) is 5.69 Å². The summed E-state index contributed by atoms with van der Waals surface area (Å²) >= 11 is 0. The van der Waals surface area contributed by atoms with Crippen LogP contribution < -0.4 is 15.8 Å². The first-order valence-electron chi connectivity index (χ1n) is 7.02. The second-order valence-corrected chi connectivity index (χ2v) is 5.93. The Kier molecular flexibility index (Phi) is 6.02. The van der Waals surface area contributed by atoms with Crippen molar-refractivity contribution in [1.29, 1.82) is 0 Å². The van der Waals surface area contributed by atoms with Crippen molar-refractivity contribution in [3.05, 3.63) is 23.8 Å². The number of ether oxygens (including phenoxy) is 1. The minimum absolute atomic E-state index is 0.0448. The number of anilines is 1. The normalized spacial score (nSPS) is 11.2. The molecule has 0 spiro atoms. The molecule has 0 saturated carbocycles. The molecule has 0 bridgehead atoms. The molecule has 0 radical (unpaired) electrons.